The average Bonchev–Trinajstić information content (AvgIpc) is 2.75. The Morgan fingerprint density at radius 1 is 0.903 bits per heavy atom. The summed E-state index contributed by atoms with van der Waals surface area (Å²) in [5, 5.41) is 5.98. The van der Waals surface area contributed by atoms with Crippen LogP contribution in [0.2, 0.25) is 5.02 Å². The quantitative estimate of drug-likeness (QED) is 0.338. The van der Waals surface area contributed by atoms with Gasteiger partial charge in [-0.15, -0.1) is 0 Å². The van der Waals surface area contributed by atoms with E-state index >= 15 is 0 Å². The van der Waals surface area contributed by atoms with Crippen LogP contribution in [0.3, 0.4) is 0 Å². The van der Waals surface area contributed by atoms with E-state index < -0.39 is 11.8 Å². The molecule has 2 N–H and O–H groups in total. The molecule has 0 bridgehead atoms. The molecule has 0 saturated heterocycles. The van der Waals surface area contributed by atoms with E-state index in [1.165, 1.54) is 6.92 Å². The van der Waals surface area contributed by atoms with Crippen molar-refractivity contribution in [2.75, 3.05) is 5.32 Å². The highest BCUT2D eigenvalue weighted by Crippen LogP contribution is 2.18. The van der Waals surface area contributed by atoms with E-state index in [-0.39, 0.29) is 11.5 Å². The largest absolute Gasteiger partial charge is 0.321 e. The highest BCUT2D eigenvalue weighted by Gasteiger charge is 2.17. The lowest BCUT2D eigenvalue weighted by Gasteiger charge is -2.12. The summed E-state index contributed by atoms with van der Waals surface area (Å²) in [5.41, 5.74) is 2.17. The van der Waals surface area contributed by atoms with E-state index in [9.17, 15) is 14.4 Å². The maximum absolute atomic E-state index is 13.0. The predicted molar refractivity (Wildman–Crippen MR) is 126 cm³/mol. The first-order valence-corrected chi connectivity index (χ1v) is 10.5. The molecule has 0 heterocycles. The maximum Gasteiger partial charge on any atom is 0.272 e. The van der Waals surface area contributed by atoms with Crippen LogP contribution >= 0.6 is 27.5 Å². The van der Waals surface area contributed by atoms with E-state index in [0.717, 1.165) is 0 Å². The third-order valence-corrected chi connectivity index (χ3v) is 5.29. The molecule has 3 aromatic rings. The Labute approximate surface area is 193 Å². The number of nitrogens with one attached hydrogen (secondary N) is 2. The van der Waals surface area contributed by atoms with Crippen molar-refractivity contribution >= 4 is 56.9 Å². The number of anilines is 1. The molecule has 0 spiro atoms. The summed E-state index contributed by atoms with van der Waals surface area (Å²) in [4.78, 5) is 37.2. The first-order valence-electron chi connectivity index (χ1n) is 9.29. The van der Waals surface area contributed by atoms with Gasteiger partial charge in [-0.05, 0) is 83.0 Å². The van der Waals surface area contributed by atoms with Crippen molar-refractivity contribution in [2.45, 2.75) is 6.92 Å². The van der Waals surface area contributed by atoms with Crippen molar-refractivity contribution in [3.63, 3.8) is 0 Å². The van der Waals surface area contributed by atoms with E-state index in [1.54, 1.807) is 78.9 Å². The molecule has 3 rings (SSSR count). The highest BCUT2D eigenvalue weighted by molar-refractivity contribution is 9.10. The van der Waals surface area contributed by atoms with Crippen LogP contribution in [-0.4, -0.2) is 17.6 Å². The van der Waals surface area contributed by atoms with Gasteiger partial charge in [0.05, 0.1) is 5.56 Å². The van der Waals surface area contributed by atoms with Crippen LogP contribution in [0.1, 0.15) is 33.2 Å². The molecule has 0 aliphatic rings. The molecule has 5 nitrogen and oxygen atoms in total. The lowest BCUT2D eigenvalue weighted by atomic mass is 10.1. The summed E-state index contributed by atoms with van der Waals surface area (Å²) in [5.74, 6) is -1.01. The molecule has 7 heteroatoms. The molecule has 3 aromatic carbocycles. The van der Waals surface area contributed by atoms with Crippen LogP contribution in [0.4, 0.5) is 5.69 Å². The van der Waals surface area contributed by atoms with Gasteiger partial charge in [-0.1, -0.05) is 35.9 Å². The monoisotopic (exact) mass is 496 g/mol. The Morgan fingerprint density at radius 3 is 2.16 bits per heavy atom. The van der Waals surface area contributed by atoms with Gasteiger partial charge in [-0.25, -0.2) is 0 Å². The summed E-state index contributed by atoms with van der Waals surface area (Å²) in [6, 6.07) is 20.3. The molecular formula is C24H18BrClN2O3. The third kappa shape index (κ3) is 6.13. The molecule has 0 aromatic heterocycles. The number of carbonyl (C=O) groups is 3. The fraction of sp³-hybridized carbons (Fsp3) is 0.0417. The molecule has 0 unspecified atom stereocenters. The third-order valence-electron chi connectivity index (χ3n) is 4.34. The normalized spacial score (nSPS) is 11.0. The van der Waals surface area contributed by atoms with Crippen LogP contribution in [0.5, 0.6) is 0 Å². The summed E-state index contributed by atoms with van der Waals surface area (Å²) in [6.45, 7) is 1.47. The fourth-order valence-electron chi connectivity index (χ4n) is 2.71. The Morgan fingerprint density at radius 2 is 1.55 bits per heavy atom. The first-order chi connectivity index (χ1) is 14.8. The number of amides is 2. The topological polar surface area (TPSA) is 75.3 Å². The lowest BCUT2D eigenvalue weighted by molar-refractivity contribution is -0.113. The molecular weight excluding hydrogens is 480 g/mol. The minimum absolute atomic E-state index is 0.0544. The maximum atomic E-state index is 13.0. The summed E-state index contributed by atoms with van der Waals surface area (Å²) >= 11 is 9.28. The van der Waals surface area contributed by atoms with Crippen molar-refractivity contribution in [1.29, 1.82) is 0 Å². The van der Waals surface area contributed by atoms with Gasteiger partial charge in [0.25, 0.3) is 11.8 Å². The van der Waals surface area contributed by atoms with Crippen molar-refractivity contribution in [1.82, 2.24) is 5.32 Å². The van der Waals surface area contributed by atoms with Gasteiger partial charge in [-0.2, -0.15) is 0 Å². The van der Waals surface area contributed by atoms with Crippen LogP contribution < -0.4 is 10.6 Å². The van der Waals surface area contributed by atoms with Crippen molar-refractivity contribution in [3.8, 4) is 0 Å². The van der Waals surface area contributed by atoms with Gasteiger partial charge in [0.15, 0.2) is 5.78 Å². The SMILES string of the molecule is CC(=O)c1ccc(NC(=O)C(=Cc2ccc(Cl)cc2)NC(=O)c2ccccc2Br)cc1. The molecule has 0 aliphatic heterocycles. The molecule has 0 aliphatic carbocycles. The second-order valence-corrected chi connectivity index (χ2v) is 7.92. The van der Waals surface area contributed by atoms with Gasteiger partial charge in [0.2, 0.25) is 0 Å². The number of rotatable bonds is 6. The average molecular weight is 498 g/mol. The molecule has 0 atom stereocenters. The molecule has 0 radical (unpaired) electrons. The zero-order chi connectivity index (χ0) is 22.4. The smallest absolute Gasteiger partial charge is 0.272 e. The second kappa shape index (κ2) is 10.2. The van der Waals surface area contributed by atoms with E-state index in [1.807, 2.05) is 0 Å². The van der Waals surface area contributed by atoms with Crippen molar-refractivity contribution in [3.05, 3.63) is 105 Å². The summed E-state index contributed by atoms with van der Waals surface area (Å²) in [7, 11) is 0. The highest BCUT2D eigenvalue weighted by atomic mass is 79.9. The van der Waals surface area contributed by atoms with E-state index in [2.05, 4.69) is 26.6 Å². The van der Waals surface area contributed by atoms with E-state index in [0.29, 0.717) is 31.9 Å². The van der Waals surface area contributed by atoms with Crippen LogP contribution in [0, 0.1) is 0 Å². The molecule has 2 amide bonds. The van der Waals surface area contributed by atoms with Gasteiger partial charge in [0, 0.05) is 20.7 Å². The number of Topliss-reactive ketones (excluding diaryl/α,β-unsaturated/α-hetero) is 1. The summed E-state index contributed by atoms with van der Waals surface area (Å²) in [6.07, 6.45) is 1.56. The minimum Gasteiger partial charge on any atom is -0.321 e. The number of halogens is 2. The van der Waals surface area contributed by atoms with Gasteiger partial charge in [0.1, 0.15) is 5.70 Å². The number of benzene rings is 3. The van der Waals surface area contributed by atoms with Crippen LogP contribution in [-0.2, 0) is 4.79 Å². The summed E-state index contributed by atoms with van der Waals surface area (Å²) < 4.78 is 0.610. The molecule has 0 saturated carbocycles. The zero-order valence-electron chi connectivity index (χ0n) is 16.5. The van der Waals surface area contributed by atoms with Gasteiger partial charge >= 0.3 is 0 Å². The van der Waals surface area contributed by atoms with Crippen molar-refractivity contribution in [2.24, 2.45) is 0 Å². The zero-order valence-corrected chi connectivity index (χ0v) is 18.8. The van der Waals surface area contributed by atoms with Crippen LogP contribution in [0.15, 0.2) is 83.0 Å². The fourth-order valence-corrected chi connectivity index (χ4v) is 3.30. The molecule has 31 heavy (non-hydrogen) atoms. The predicted octanol–water partition coefficient (Wildman–Crippen LogP) is 5.71. The number of hydrogen-bond donors (Lipinski definition) is 2. The van der Waals surface area contributed by atoms with Crippen molar-refractivity contribution < 1.29 is 14.4 Å². The lowest BCUT2D eigenvalue weighted by Crippen LogP contribution is -2.31. The van der Waals surface area contributed by atoms with Gasteiger partial charge in [-0.3, -0.25) is 14.4 Å². The number of hydrogen-bond acceptors (Lipinski definition) is 3. The van der Waals surface area contributed by atoms with Gasteiger partial charge < -0.3 is 10.6 Å². The standard InChI is InChI=1S/C24H18BrClN2O3/c1-15(29)17-8-12-19(13-9-17)27-24(31)22(14-16-6-10-18(26)11-7-16)28-23(30)20-4-2-3-5-21(20)25/h2-14H,1H3,(H,27,31)(H,28,30). The van der Waals surface area contributed by atoms with E-state index in [4.69, 9.17) is 11.6 Å². The number of ketones is 1. The first kappa shape index (κ1) is 22.5. The Balaban J connectivity index is 1.88. The Kier molecular flexibility index (Phi) is 7.39. The second-order valence-electron chi connectivity index (χ2n) is 6.63. The Hall–Kier alpha value is -3.22. The Bertz CT molecular complexity index is 1160. The minimum atomic E-state index is -0.508. The number of carbonyl (C=O) groups excluding carboxylic acids is 3. The molecule has 156 valence electrons. The van der Waals surface area contributed by atoms with Crippen LogP contribution in [0.25, 0.3) is 6.08 Å². The molecule has 0 fully saturated rings.